The molecular weight excluding hydrogens is 330 g/mol. The number of nitrogens with zero attached hydrogens (tertiary/aromatic N) is 3. The van der Waals surface area contributed by atoms with E-state index in [1.165, 1.54) is 5.56 Å². The van der Waals surface area contributed by atoms with Crippen LogP contribution >= 0.6 is 10.6 Å². The molecule has 1 aromatic rings. The topological polar surface area (TPSA) is 87.8 Å². The number of fused-ring (bicyclic) bond motifs is 1. The van der Waals surface area contributed by atoms with Crippen molar-refractivity contribution in [2.24, 2.45) is 0 Å². The van der Waals surface area contributed by atoms with Crippen molar-refractivity contribution in [3.05, 3.63) is 17.5 Å². The Hall–Kier alpha value is -1.25. The van der Waals surface area contributed by atoms with Crippen LogP contribution in [0, 0.1) is 0 Å². The normalized spacial score (nSPS) is 22.8. The van der Waals surface area contributed by atoms with E-state index >= 15 is 0 Å². The van der Waals surface area contributed by atoms with Gasteiger partial charge in [-0.05, 0) is 45.6 Å². The van der Waals surface area contributed by atoms with Crippen molar-refractivity contribution in [1.29, 1.82) is 0 Å². The summed E-state index contributed by atoms with van der Waals surface area (Å²) in [4.78, 5) is 14.1. The Kier molecular flexibility index (Phi) is 4.57. The molecule has 1 amide bonds. The Morgan fingerprint density at radius 1 is 1.33 bits per heavy atom. The van der Waals surface area contributed by atoms with Crippen molar-refractivity contribution >= 4 is 16.7 Å². The first kappa shape index (κ1) is 17.6. The maximum atomic E-state index is 12.3. The van der Waals surface area contributed by atoms with Gasteiger partial charge in [0.05, 0.1) is 24.5 Å². The summed E-state index contributed by atoms with van der Waals surface area (Å²) in [5, 5.41) is 4.52. The molecule has 0 unspecified atom stereocenters. The van der Waals surface area contributed by atoms with E-state index in [2.05, 4.69) is 5.10 Å². The van der Waals surface area contributed by atoms with Gasteiger partial charge in [-0.1, -0.05) is 0 Å². The predicted octanol–water partition coefficient (Wildman–Crippen LogP) is 3.26. The van der Waals surface area contributed by atoms with Gasteiger partial charge in [-0.15, -0.1) is 0 Å². The summed E-state index contributed by atoms with van der Waals surface area (Å²) in [6.45, 7) is 6.73. The third-order valence-electron chi connectivity index (χ3n) is 4.53. The van der Waals surface area contributed by atoms with E-state index in [0.717, 1.165) is 12.1 Å². The standard InChI is InChI=1S/C16H27N3O4S/c1-16(2,3)23-15(20)18-7-4-12-10-17-19(14(12)11-18)13-5-8-24(21,22)9-6-13/h10,13,21-22H,4-9,11H2,1-3H3. The Morgan fingerprint density at radius 3 is 2.62 bits per heavy atom. The number of rotatable bonds is 1. The van der Waals surface area contributed by atoms with Crippen molar-refractivity contribution in [1.82, 2.24) is 14.7 Å². The van der Waals surface area contributed by atoms with E-state index in [9.17, 15) is 13.9 Å². The molecule has 1 saturated heterocycles. The van der Waals surface area contributed by atoms with Crippen molar-refractivity contribution in [3.8, 4) is 0 Å². The number of hydrogen-bond acceptors (Lipinski definition) is 5. The maximum Gasteiger partial charge on any atom is 0.410 e. The second kappa shape index (κ2) is 6.24. The lowest BCUT2D eigenvalue weighted by molar-refractivity contribution is 0.0217. The predicted molar refractivity (Wildman–Crippen MR) is 93.4 cm³/mol. The third kappa shape index (κ3) is 3.87. The summed E-state index contributed by atoms with van der Waals surface area (Å²) in [7, 11) is -2.40. The minimum atomic E-state index is -2.40. The van der Waals surface area contributed by atoms with Crippen LogP contribution in [0.2, 0.25) is 0 Å². The van der Waals surface area contributed by atoms with E-state index < -0.39 is 16.2 Å². The van der Waals surface area contributed by atoms with Gasteiger partial charge < -0.3 is 9.64 Å². The lowest BCUT2D eigenvalue weighted by Gasteiger charge is -2.40. The van der Waals surface area contributed by atoms with Crippen LogP contribution in [0.25, 0.3) is 0 Å². The summed E-state index contributed by atoms with van der Waals surface area (Å²) in [5.74, 6) is 0.865. The van der Waals surface area contributed by atoms with Crippen LogP contribution in [-0.2, 0) is 17.7 Å². The van der Waals surface area contributed by atoms with Crippen LogP contribution in [0.5, 0.6) is 0 Å². The first-order valence-electron chi connectivity index (χ1n) is 8.41. The molecule has 24 heavy (non-hydrogen) atoms. The summed E-state index contributed by atoms with van der Waals surface area (Å²) in [6, 6.07) is 0.173. The van der Waals surface area contributed by atoms with Crippen molar-refractivity contribution in [2.75, 3.05) is 18.1 Å². The first-order valence-corrected chi connectivity index (χ1v) is 10.3. The van der Waals surface area contributed by atoms with E-state index in [1.54, 1.807) is 4.90 Å². The highest BCUT2D eigenvalue weighted by Crippen LogP contribution is 2.47. The molecular formula is C16H27N3O4S. The molecule has 2 N–H and O–H groups in total. The third-order valence-corrected chi connectivity index (χ3v) is 6.31. The summed E-state index contributed by atoms with van der Waals surface area (Å²) in [5.41, 5.74) is 1.72. The zero-order valence-corrected chi connectivity index (χ0v) is 15.4. The fourth-order valence-corrected chi connectivity index (χ4v) is 4.76. The molecule has 2 aliphatic heterocycles. The molecule has 0 aliphatic carbocycles. The van der Waals surface area contributed by atoms with Gasteiger partial charge in [0, 0.05) is 18.1 Å². The Labute approximate surface area is 144 Å². The molecule has 1 aromatic heterocycles. The fourth-order valence-electron chi connectivity index (χ4n) is 3.26. The molecule has 0 radical (unpaired) electrons. The van der Waals surface area contributed by atoms with Crippen LogP contribution in [0.1, 0.15) is 50.9 Å². The van der Waals surface area contributed by atoms with Gasteiger partial charge in [0.25, 0.3) is 0 Å². The molecule has 0 atom stereocenters. The van der Waals surface area contributed by atoms with Gasteiger partial charge in [0.1, 0.15) is 5.60 Å². The molecule has 1 fully saturated rings. The van der Waals surface area contributed by atoms with Crippen molar-refractivity contribution in [3.63, 3.8) is 0 Å². The SMILES string of the molecule is CC(C)(C)OC(=O)N1CCc2cnn(C3CCS(O)(O)CC3)c2C1. The fraction of sp³-hybridized carbons (Fsp3) is 0.750. The lowest BCUT2D eigenvalue weighted by Crippen LogP contribution is -2.40. The summed E-state index contributed by atoms with van der Waals surface area (Å²) in [6.07, 6.45) is 3.79. The number of aromatic nitrogens is 2. The highest BCUT2D eigenvalue weighted by Gasteiger charge is 2.32. The minimum Gasteiger partial charge on any atom is -0.444 e. The Balaban J connectivity index is 1.72. The minimum absolute atomic E-state index is 0.173. The zero-order valence-electron chi connectivity index (χ0n) is 14.6. The maximum absolute atomic E-state index is 12.3. The average Bonchev–Trinajstić information content (AvgIpc) is 2.88. The molecule has 3 rings (SSSR count). The molecule has 0 saturated carbocycles. The highest BCUT2D eigenvalue weighted by molar-refractivity contribution is 8.24. The molecule has 7 nitrogen and oxygen atoms in total. The van der Waals surface area contributed by atoms with Gasteiger partial charge in [-0.3, -0.25) is 13.8 Å². The largest absolute Gasteiger partial charge is 0.444 e. The summed E-state index contributed by atoms with van der Waals surface area (Å²) < 4.78 is 27.0. The molecule has 0 bridgehead atoms. The Bertz CT molecular complexity index is 613. The Morgan fingerprint density at radius 2 is 2.00 bits per heavy atom. The number of carbonyl (C=O) groups is 1. The molecule has 8 heteroatoms. The van der Waals surface area contributed by atoms with Crippen LogP contribution in [-0.4, -0.2) is 53.5 Å². The number of ether oxygens (including phenoxy) is 1. The quantitative estimate of drug-likeness (QED) is 0.805. The molecule has 0 aromatic carbocycles. The van der Waals surface area contributed by atoms with Crippen molar-refractivity contribution in [2.45, 2.75) is 58.2 Å². The van der Waals surface area contributed by atoms with Gasteiger partial charge >= 0.3 is 6.09 Å². The molecule has 2 aliphatic rings. The molecule has 136 valence electrons. The van der Waals surface area contributed by atoms with Crippen LogP contribution in [0.4, 0.5) is 4.79 Å². The smallest absolute Gasteiger partial charge is 0.410 e. The van der Waals surface area contributed by atoms with Gasteiger partial charge in [-0.2, -0.15) is 15.7 Å². The second-order valence-corrected chi connectivity index (χ2v) is 10.1. The summed E-state index contributed by atoms with van der Waals surface area (Å²) >= 11 is 0. The van der Waals surface area contributed by atoms with E-state index in [1.807, 2.05) is 31.6 Å². The van der Waals surface area contributed by atoms with Crippen molar-refractivity contribution < 1.29 is 18.6 Å². The van der Waals surface area contributed by atoms with Gasteiger partial charge in [0.2, 0.25) is 0 Å². The van der Waals surface area contributed by atoms with E-state index in [0.29, 0.717) is 37.4 Å². The van der Waals surface area contributed by atoms with Gasteiger partial charge in [0.15, 0.2) is 0 Å². The van der Waals surface area contributed by atoms with Crippen LogP contribution in [0.15, 0.2) is 6.20 Å². The second-order valence-electron chi connectivity index (χ2n) is 7.65. The van der Waals surface area contributed by atoms with Crippen LogP contribution in [0.3, 0.4) is 0 Å². The zero-order chi connectivity index (χ0) is 17.5. The first-order chi connectivity index (χ1) is 11.1. The number of carbonyl (C=O) groups excluding carboxylic acids is 1. The lowest BCUT2D eigenvalue weighted by atomic mass is 10.1. The average molecular weight is 357 g/mol. The molecule has 0 spiro atoms. The highest BCUT2D eigenvalue weighted by atomic mass is 32.3. The number of hydrogen-bond donors (Lipinski definition) is 2. The van der Waals surface area contributed by atoms with Crippen LogP contribution < -0.4 is 0 Å². The van der Waals surface area contributed by atoms with E-state index in [-0.39, 0.29) is 12.1 Å². The molecule has 3 heterocycles. The number of amides is 1. The van der Waals surface area contributed by atoms with E-state index in [4.69, 9.17) is 4.74 Å². The van der Waals surface area contributed by atoms with Gasteiger partial charge in [-0.25, -0.2) is 4.79 Å². The monoisotopic (exact) mass is 357 g/mol.